The number of carbonyl (C=O) groups excluding carboxylic acids is 2. The fourth-order valence-corrected chi connectivity index (χ4v) is 2.45. The standard InChI is InChI=1S/C20H24N2O3/c1-13(2)21-20(24)16-9-6-10-17(11-16)22-18(23)12-25-19-14(3)7-5-8-15(19)4/h5-11,13H,12H2,1-4H3,(H,21,24)(H,22,23). The Hall–Kier alpha value is -2.82. The van der Waals surface area contributed by atoms with Gasteiger partial charge in [0.25, 0.3) is 11.8 Å². The summed E-state index contributed by atoms with van der Waals surface area (Å²) in [6.45, 7) is 7.59. The highest BCUT2D eigenvalue weighted by Crippen LogP contribution is 2.22. The minimum absolute atomic E-state index is 0.0523. The molecule has 25 heavy (non-hydrogen) atoms. The third kappa shape index (κ3) is 5.35. The number of para-hydroxylation sites is 1. The van der Waals surface area contributed by atoms with Crippen molar-refractivity contribution >= 4 is 17.5 Å². The molecule has 2 amide bonds. The summed E-state index contributed by atoms with van der Waals surface area (Å²) in [4.78, 5) is 24.2. The van der Waals surface area contributed by atoms with Gasteiger partial charge in [-0.2, -0.15) is 0 Å². The molecular formula is C20H24N2O3. The number of anilines is 1. The van der Waals surface area contributed by atoms with Crippen molar-refractivity contribution in [2.75, 3.05) is 11.9 Å². The minimum Gasteiger partial charge on any atom is -0.483 e. The van der Waals surface area contributed by atoms with Crippen molar-refractivity contribution in [1.29, 1.82) is 0 Å². The molecule has 0 aliphatic carbocycles. The van der Waals surface area contributed by atoms with Crippen molar-refractivity contribution in [1.82, 2.24) is 5.32 Å². The van der Waals surface area contributed by atoms with Gasteiger partial charge in [0.05, 0.1) is 0 Å². The van der Waals surface area contributed by atoms with Crippen LogP contribution in [0, 0.1) is 13.8 Å². The van der Waals surface area contributed by atoms with Crippen LogP contribution in [0.5, 0.6) is 5.75 Å². The lowest BCUT2D eigenvalue weighted by Gasteiger charge is -2.13. The van der Waals surface area contributed by atoms with Crippen LogP contribution in [0.2, 0.25) is 0 Å². The van der Waals surface area contributed by atoms with Crippen molar-refractivity contribution in [3.8, 4) is 5.75 Å². The minimum atomic E-state index is -0.274. The summed E-state index contributed by atoms with van der Waals surface area (Å²) in [5.74, 6) is 0.282. The van der Waals surface area contributed by atoms with E-state index in [1.807, 2.05) is 45.9 Å². The Labute approximate surface area is 148 Å². The van der Waals surface area contributed by atoms with Gasteiger partial charge in [0.2, 0.25) is 0 Å². The number of rotatable bonds is 6. The zero-order valence-corrected chi connectivity index (χ0v) is 15.1. The van der Waals surface area contributed by atoms with Gasteiger partial charge >= 0.3 is 0 Å². The maximum absolute atomic E-state index is 12.1. The van der Waals surface area contributed by atoms with E-state index < -0.39 is 0 Å². The second kappa shape index (κ2) is 8.33. The monoisotopic (exact) mass is 340 g/mol. The van der Waals surface area contributed by atoms with E-state index in [1.54, 1.807) is 24.3 Å². The number of aryl methyl sites for hydroxylation is 2. The predicted octanol–water partition coefficient (Wildman–Crippen LogP) is 3.46. The summed E-state index contributed by atoms with van der Waals surface area (Å²) in [5.41, 5.74) is 3.04. The fourth-order valence-electron chi connectivity index (χ4n) is 2.45. The van der Waals surface area contributed by atoms with Gasteiger partial charge in [0.15, 0.2) is 6.61 Å². The molecule has 5 heteroatoms. The van der Waals surface area contributed by atoms with E-state index in [1.165, 1.54) is 0 Å². The van der Waals surface area contributed by atoms with E-state index in [0.717, 1.165) is 16.9 Å². The molecule has 132 valence electrons. The number of ether oxygens (including phenoxy) is 1. The molecule has 0 aliphatic heterocycles. The SMILES string of the molecule is Cc1cccc(C)c1OCC(=O)Nc1cccc(C(=O)NC(C)C)c1. The second-order valence-corrected chi connectivity index (χ2v) is 6.27. The Bertz CT molecular complexity index is 749. The molecule has 0 aliphatic rings. The third-order valence-electron chi connectivity index (χ3n) is 3.58. The van der Waals surface area contributed by atoms with Crippen LogP contribution in [0.15, 0.2) is 42.5 Å². The summed E-state index contributed by atoms with van der Waals surface area (Å²) >= 11 is 0. The van der Waals surface area contributed by atoms with Gasteiger partial charge in [-0.05, 0) is 57.0 Å². The number of amides is 2. The van der Waals surface area contributed by atoms with Gasteiger partial charge in [-0.15, -0.1) is 0 Å². The Kier molecular flexibility index (Phi) is 6.17. The first-order valence-corrected chi connectivity index (χ1v) is 8.26. The summed E-state index contributed by atoms with van der Waals surface area (Å²) in [7, 11) is 0. The molecule has 2 rings (SSSR count). The van der Waals surface area contributed by atoms with Crippen LogP contribution in [0.3, 0.4) is 0 Å². The van der Waals surface area contributed by atoms with Crippen molar-refractivity contribution in [3.63, 3.8) is 0 Å². The van der Waals surface area contributed by atoms with Crippen LogP contribution in [-0.2, 0) is 4.79 Å². The maximum atomic E-state index is 12.1. The van der Waals surface area contributed by atoms with Crippen LogP contribution in [0.25, 0.3) is 0 Å². The summed E-state index contributed by atoms with van der Waals surface area (Å²) in [6, 6.07) is 12.7. The number of benzene rings is 2. The lowest BCUT2D eigenvalue weighted by Crippen LogP contribution is -2.30. The molecule has 5 nitrogen and oxygen atoms in total. The number of hydrogen-bond acceptors (Lipinski definition) is 3. The predicted molar refractivity (Wildman–Crippen MR) is 99.1 cm³/mol. The second-order valence-electron chi connectivity index (χ2n) is 6.27. The summed E-state index contributed by atoms with van der Waals surface area (Å²) in [6.07, 6.45) is 0. The molecule has 0 saturated heterocycles. The first-order valence-electron chi connectivity index (χ1n) is 8.26. The molecular weight excluding hydrogens is 316 g/mol. The third-order valence-corrected chi connectivity index (χ3v) is 3.58. The van der Waals surface area contributed by atoms with Crippen LogP contribution in [0.4, 0.5) is 5.69 Å². The van der Waals surface area contributed by atoms with Crippen molar-refractivity contribution in [2.45, 2.75) is 33.7 Å². The van der Waals surface area contributed by atoms with Crippen LogP contribution in [0.1, 0.15) is 35.3 Å². The largest absolute Gasteiger partial charge is 0.483 e. The first kappa shape index (κ1) is 18.5. The molecule has 2 N–H and O–H groups in total. The molecule has 0 bridgehead atoms. The zero-order valence-electron chi connectivity index (χ0n) is 15.1. The molecule has 0 atom stereocenters. The summed E-state index contributed by atoms with van der Waals surface area (Å²) < 4.78 is 5.64. The molecule has 0 saturated carbocycles. The van der Waals surface area contributed by atoms with Crippen LogP contribution in [-0.4, -0.2) is 24.5 Å². The number of nitrogens with one attached hydrogen (secondary N) is 2. The Balaban J connectivity index is 1.98. The Morgan fingerprint density at radius 2 is 1.68 bits per heavy atom. The summed E-state index contributed by atoms with van der Waals surface area (Å²) in [5, 5.41) is 5.58. The van der Waals surface area contributed by atoms with E-state index in [0.29, 0.717) is 11.3 Å². The molecule has 2 aromatic rings. The highest BCUT2D eigenvalue weighted by molar-refractivity contribution is 5.97. The first-order chi connectivity index (χ1) is 11.9. The molecule has 0 fully saturated rings. The molecule has 0 radical (unpaired) electrons. The van der Waals surface area contributed by atoms with Crippen molar-refractivity contribution in [2.24, 2.45) is 0 Å². The lowest BCUT2D eigenvalue weighted by molar-refractivity contribution is -0.118. The smallest absolute Gasteiger partial charge is 0.262 e. The average Bonchev–Trinajstić information content (AvgIpc) is 2.54. The van der Waals surface area contributed by atoms with E-state index >= 15 is 0 Å². The van der Waals surface area contributed by atoms with Crippen LogP contribution >= 0.6 is 0 Å². The van der Waals surface area contributed by atoms with E-state index in [4.69, 9.17) is 4.74 Å². The number of hydrogen-bond donors (Lipinski definition) is 2. The van der Waals surface area contributed by atoms with Gasteiger partial charge in [-0.3, -0.25) is 9.59 Å². The normalized spacial score (nSPS) is 10.4. The van der Waals surface area contributed by atoms with E-state index in [9.17, 15) is 9.59 Å². The fraction of sp³-hybridized carbons (Fsp3) is 0.300. The highest BCUT2D eigenvalue weighted by atomic mass is 16.5. The zero-order chi connectivity index (χ0) is 18.4. The highest BCUT2D eigenvalue weighted by Gasteiger charge is 2.10. The molecule has 0 aromatic heterocycles. The van der Waals surface area contributed by atoms with Gasteiger partial charge in [0, 0.05) is 17.3 Å². The molecule has 2 aromatic carbocycles. The Morgan fingerprint density at radius 3 is 2.32 bits per heavy atom. The van der Waals surface area contributed by atoms with Crippen molar-refractivity contribution < 1.29 is 14.3 Å². The van der Waals surface area contributed by atoms with E-state index in [-0.39, 0.29) is 24.5 Å². The topological polar surface area (TPSA) is 67.4 Å². The lowest BCUT2D eigenvalue weighted by atomic mass is 10.1. The maximum Gasteiger partial charge on any atom is 0.262 e. The van der Waals surface area contributed by atoms with Gasteiger partial charge in [-0.25, -0.2) is 0 Å². The van der Waals surface area contributed by atoms with Crippen LogP contribution < -0.4 is 15.4 Å². The van der Waals surface area contributed by atoms with E-state index in [2.05, 4.69) is 10.6 Å². The van der Waals surface area contributed by atoms with Crippen molar-refractivity contribution in [3.05, 3.63) is 59.2 Å². The number of carbonyl (C=O) groups is 2. The molecule has 0 heterocycles. The average molecular weight is 340 g/mol. The molecule has 0 spiro atoms. The molecule has 0 unspecified atom stereocenters. The quantitative estimate of drug-likeness (QED) is 0.846. The Morgan fingerprint density at radius 1 is 1.04 bits per heavy atom. The van der Waals surface area contributed by atoms with Gasteiger partial charge < -0.3 is 15.4 Å². The van der Waals surface area contributed by atoms with Gasteiger partial charge in [-0.1, -0.05) is 24.3 Å². The van der Waals surface area contributed by atoms with Gasteiger partial charge in [0.1, 0.15) is 5.75 Å².